The molecule has 1 aromatic rings. The van der Waals surface area contributed by atoms with Crippen LogP contribution in [-0.2, 0) is 14.8 Å². The fourth-order valence-electron chi connectivity index (χ4n) is 2.20. The van der Waals surface area contributed by atoms with E-state index in [0.717, 1.165) is 0 Å². The second kappa shape index (κ2) is 6.29. The first-order valence-corrected chi connectivity index (χ1v) is 8.25. The van der Waals surface area contributed by atoms with Crippen LogP contribution in [0.5, 0.6) is 0 Å². The first kappa shape index (κ1) is 16.2. The number of hydrogen-bond donors (Lipinski definition) is 2. The van der Waals surface area contributed by atoms with Crippen molar-refractivity contribution in [2.75, 3.05) is 18.0 Å². The number of anilines is 1. The highest BCUT2D eigenvalue weighted by Gasteiger charge is 2.37. The number of benzene rings is 1. The number of nitrogens with one attached hydrogen (secondary N) is 1. The Kier molecular flexibility index (Phi) is 4.62. The Bertz CT molecular complexity index is 697. The Morgan fingerprint density at radius 1 is 1.41 bits per heavy atom. The fraction of sp³-hybridized carbons (Fsp3) is 0.286. The first-order valence-electron chi connectivity index (χ1n) is 6.64. The lowest BCUT2D eigenvalue weighted by atomic mass is 10.2. The molecule has 22 heavy (non-hydrogen) atoms. The SMILES string of the molecule is C=CCNC(=O)c1ccc(N2CC(S(N)(=O)=O)CC2=O)cc1. The summed E-state index contributed by atoms with van der Waals surface area (Å²) in [4.78, 5) is 25.0. The average Bonchev–Trinajstić information content (AvgIpc) is 2.87. The minimum Gasteiger partial charge on any atom is -0.349 e. The fourth-order valence-corrected chi connectivity index (χ4v) is 2.94. The van der Waals surface area contributed by atoms with Crippen LogP contribution in [0.15, 0.2) is 36.9 Å². The van der Waals surface area contributed by atoms with Gasteiger partial charge in [0.25, 0.3) is 5.91 Å². The molecule has 0 spiro atoms. The Morgan fingerprint density at radius 3 is 2.55 bits per heavy atom. The lowest BCUT2D eigenvalue weighted by Gasteiger charge is -2.16. The second-order valence-corrected chi connectivity index (χ2v) is 6.81. The van der Waals surface area contributed by atoms with E-state index in [2.05, 4.69) is 11.9 Å². The molecule has 0 bridgehead atoms. The summed E-state index contributed by atoms with van der Waals surface area (Å²) in [5.74, 6) is -0.551. The standard InChI is InChI=1S/C14H17N3O4S/c1-2-7-16-14(19)10-3-5-11(6-4-10)17-9-12(8-13(17)18)22(15,20)21/h2-6,12H,1,7-9H2,(H,16,19)(H2,15,20,21). The Hall–Kier alpha value is -2.19. The van der Waals surface area contributed by atoms with Crippen molar-refractivity contribution in [1.29, 1.82) is 0 Å². The normalized spacial score (nSPS) is 18.3. The molecule has 1 unspecified atom stereocenters. The van der Waals surface area contributed by atoms with Crippen LogP contribution in [0.3, 0.4) is 0 Å². The third-order valence-electron chi connectivity index (χ3n) is 3.40. The van der Waals surface area contributed by atoms with Crippen molar-refractivity contribution >= 4 is 27.5 Å². The van der Waals surface area contributed by atoms with Gasteiger partial charge in [-0.3, -0.25) is 9.59 Å². The molecule has 0 aliphatic carbocycles. The van der Waals surface area contributed by atoms with Crippen molar-refractivity contribution in [2.45, 2.75) is 11.7 Å². The number of carbonyl (C=O) groups excluding carboxylic acids is 2. The van der Waals surface area contributed by atoms with Gasteiger partial charge in [-0.05, 0) is 24.3 Å². The lowest BCUT2D eigenvalue weighted by Crippen LogP contribution is -2.32. The van der Waals surface area contributed by atoms with Crippen molar-refractivity contribution in [1.82, 2.24) is 5.32 Å². The van der Waals surface area contributed by atoms with Crippen molar-refractivity contribution < 1.29 is 18.0 Å². The highest BCUT2D eigenvalue weighted by molar-refractivity contribution is 7.89. The van der Waals surface area contributed by atoms with Crippen LogP contribution in [0.1, 0.15) is 16.8 Å². The summed E-state index contributed by atoms with van der Waals surface area (Å²) >= 11 is 0. The van der Waals surface area contributed by atoms with Gasteiger partial charge in [-0.15, -0.1) is 6.58 Å². The van der Waals surface area contributed by atoms with Crippen LogP contribution in [0, 0.1) is 0 Å². The van der Waals surface area contributed by atoms with Crippen LogP contribution < -0.4 is 15.4 Å². The highest BCUT2D eigenvalue weighted by atomic mass is 32.2. The van der Waals surface area contributed by atoms with E-state index >= 15 is 0 Å². The van der Waals surface area contributed by atoms with Crippen LogP contribution >= 0.6 is 0 Å². The molecular formula is C14H17N3O4S. The second-order valence-electron chi connectivity index (χ2n) is 4.97. The Morgan fingerprint density at radius 2 is 2.05 bits per heavy atom. The zero-order chi connectivity index (χ0) is 16.3. The maximum absolute atomic E-state index is 11.9. The molecule has 1 aromatic carbocycles. The summed E-state index contributed by atoms with van der Waals surface area (Å²) in [5, 5.41) is 6.83. The van der Waals surface area contributed by atoms with Gasteiger partial charge in [0.15, 0.2) is 0 Å². The quantitative estimate of drug-likeness (QED) is 0.743. The molecule has 1 aliphatic heterocycles. The van der Waals surface area contributed by atoms with Crippen LogP contribution in [0.25, 0.3) is 0 Å². The summed E-state index contributed by atoms with van der Waals surface area (Å²) in [6.07, 6.45) is 1.45. The van der Waals surface area contributed by atoms with E-state index in [1.807, 2.05) is 0 Å². The molecule has 2 rings (SSSR count). The molecule has 1 saturated heterocycles. The van der Waals surface area contributed by atoms with Crippen LogP contribution in [-0.4, -0.2) is 38.6 Å². The van der Waals surface area contributed by atoms with E-state index in [-0.39, 0.29) is 24.8 Å². The van der Waals surface area contributed by atoms with Gasteiger partial charge < -0.3 is 10.2 Å². The molecule has 1 fully saturated rings. The molecule has 1 heterocycles. The minimum absolute atomic E-state index is 0.0275. The predicted octanol–water partition coefficient (Wildman–Crippen LogP) is -0.00380. The van der Waals surface area contributed by atoms with Gasteiger partial charge in [-0.1, -0.05) is 6.08 Å². The number of rotatable bonds is 5. The van der Waals surface area contributed by atoms with Crippen molar-refractivity contribution in [3.05, 3.63) is 42.5 Å². The molecule has 2 amide bonds. The van der Waals surface area contributed by atoms with Gasteiger partial charge in [-0.2, -0.15) is 0 Å². The van der Waals surface area contributed by atoms with E-state index in [9.17, 15) is 18.0 Å². The molecular weight excluding hydrogens is 306 g/mol. The number of sulfonamides is 1. The molecule has 1 atom stereocenters. The zero-order valence-electron chi connectivity index (χ0n) is 11.9. The lowest BCUT2D eigenvalue weighted by molar-refractivity contribution is -0.117. The van der Waals surface area contributed by atoms with Crippen molar-refractivity contribution in [3.8, 4) is 0 Å². The summed E-state index contributed by atoms with van der Waals surface area (Å²) < 4.78 is 22.7. The van der Waals surface area contributed by atoms with E-state index in [1.165, 1.54) is 4.90 Å². The number of hydrogen-bond acceptors (Lipinski definition) is 4. The van der Waals surface area contributed by atoms with Gasteiger partial charge in [0.1, 0.15) is 5.25 Å². The van der Waals surface area contributed by atoms with E-state index in [0.29, 0.717) is 17.8 Å². The largest absolute Gasteiger partial charge is 0.349 e. The van der Waals surface area contributed by atoms with Crippen molar-refractivity contribution in [2.24, 2.45) is 5.14 Å². The van der Waals surface area contributed by atoms with E-state index in [1.54, 1.807) is 30.3 Å². The molecule has 3 N–H and O–H groups in total. The van der Waals surface area contributed by atoms with E-state index < -0.39 is 15.3 Å². The maximum Gasteiger partial charge on any atom is 0.251 e. The molecule has 0 saturated carbocycles. The van der Waals surface area contributed by atoms with Gasteiger partial charge in [-0.25, -0.2) is 13.6 Å². The summed E-state index contributed by atoms with van der Waals surface area (Å²) in [5.41, 5.74) is 0.983. The Labute approximate surface area is 128 Å². The van der Waals surface area contributed by atoms with Crippen LogP contribution in [0.4, 0.5) is 5.69 Å². The van der Waals surface area contributed by atoms with Gasteiger partial charge in [0, 0.05) is 30.8 Å². The van der Waals surface area contributed by atoms with Crippen molar-refractivity contribution in [3.63, 3.8) is 0 Å². The van der Waals surface area contributed by atoms with Gasteiger partial charge >= 0.3 is 0 Å². The highest BCUT2D eigenvalue weighted by Crippen LogP contribution is 2.24. The third-order valence-corrected chi connectivity index (χ3v) is 4.65. The average molecular weight is 323 g/mol. The number of amides is 2. The molecule has 0 radical (unpaired) electrons. The number of nitrogens with zero attached hydrogens (tertiary/aromatic N) is 1. The molecule has 7 nitrogen and oxygen atoms in total. The minimum atomic E-state index is -3.74. The van der Waals surface area contributed by atoms with Gasteiger partial charge in [0.05, 0.1) is 0 Å². The third kappa shape index (κ3) is 3.52. The maximum atomic E-state index is 11.9. The predicted molar refractivity (Wildman–Crippen MR) is 82.8 cm³/mol. The molecule has 8 heteroatoms. The topological polar surface area (TPSA) is 110 Å². The smallest absolute Gasteiger partial charge is 0.251 e. The summed E-state index contributed by atoms with van der Waals surface area (Å²) in [7, 11) is -3.74. The van der Waals surface area contributed by atoms with Gasteiger partial charge in [0.2, 0.25) is 15.9 Å². The molecule has 118 valence electrons. The number of primary sulfonamides is 1. The summed E-state index contributed by atoms with van der Waals surface area (Å²) in [6, 6.07) is 6.36. The molecule has 0 aromatic heterocycles. The Balaban J connectivity index is 2.12. The number of nitrogens with two attached hydrogens (primary N) is 1. The monoisotopic (exact) mass is 323 g/mol. The first-order chi connectivity index (χ1) is 10.3. The zero-order valence-corrected chi connectivity index (χ0v) is 12.7. The van der Waals surface area contributed by atoms with Crippen LogP contribution in [0.2, 0.25) is 0 Å². The number of carbonyl (C=O) groups is 2. The molecule has 1 aliphatic rings. The summed E-state index contributed by atoms with van der Waals surface area (Å²) in [6.45, 7) is 3.90. The van der Waals surface area contributed by atoms with E-state index in [4.69, 9.17) is 5.14 Å².